The van der Waals surface area contributed by atoms with Gasteiger partial charge in [0.05, 0.1) is 23.5 Å². The number of furan rings is 1. The second kappa shape index (κ2) is 7.99. The minimum absolute atomic E-state index is 0.370. The second-order valence-corrected chi connectivity index (χ2v) is 8.10. The van der Waals surface area contributed by atoms with Gasteiger partial charge in [0.1, 0.15) is 17.0 Å². The molecule has 0 aliphatic rings. The van der Waals surface area contributed by atoms with Crippen LogP contribution < -0.4 is 0 Å². The zero-order chi connectivity index (χ0) is 23.1. The molecule has 0 atom stereocenters. The first-order valence-corrected chi connectivity index (χ1v) is 10.9. The molecule has 4 aromatic carbocycles. The Bertz CT molecular complexity index is 1710. The maximum Gasteiger partial charge on any atom is 0.144 e. The average Bonchev–Trinajstić information content (AvgIpc) is 3.27. The van der Waals surface area contributed by atoms with Crippen molar-refractivity contribution in [2.45, 2.75) is 0 Å². The average molecular weight is 440 g/mol. The van der Waals surface area contributed by atoms with Crippen molar-refractivity contribution in [3.63, 3.8) is 0 Å². The summed E-state index contributed by atoms with van der Waals surface area (Å²) in [7, 11) is 0. The van der Waals surface area contributed by atoms with Gasteiger partial charge in [0, 0.05) is 21.9 Å². The van der Waals surface area contributed by atoms with Crippen LogP contribution in [0.5, 0.6) is 0 Å². The fourth-order valence-corrected chi connectivity index (χ4v) is 4.41. The Kier molecular flexibility index (Phi) is 4.67. The number of hydrogen-bond acceptors (Lipinski definition) is 3. The molecular formula is C30H17FN2O. The van der Waals surface area contributed by atoms with Crippen molar-refractivity contribution in [1.29, 1.82) is 5.26 Å². The number of nitrogens with zero attached hydrogens (tertiary/aromatic N) is 2. The number of benzene rings is 4. The van der Waals surface area contributed by atoms with Crippen LogP contribution in [0.2, 0.25) is 0 Å². The predicted octanol–water partition coefficient (Wildman–Crippen LogP) is 7.99. The van der Waals surface area contributed by atoms with E-state index >= 15 is 0 Å². The van der Waals surface area contributed by atoms with Crippen molar-refractivity contribution >= 4 is 21.9 Å². The lowest BCUT2D eigenvalue weighted by Crippen LogP contribution is -1.87. The highest BCUT2D eigenvalue weighted by Crippen LogP contribution is 2.40. The van der Waals surface area contributed by atoms with E-state index in [1.165, 1.54) is 12.3 Å². The van der Waals surface area contributed by atoms with Gasteiger partial charge in [-0.1, -0.05) is 48.5 Å². The van der Waals surface area contributed by atoms with E-state index in [1.54, 1.807) is 6.07 Å². The van der Waals surface area contributed by atoms with Crippen LogP contribution >= 0.6 is 0 Å². The van der Waals surface area contributed by atoms with Gasteiger partial charge in [-0.2, -0.15) is 5.26 Å². The molecule has 0 saturated carbocycles. The number of hydrogen-bond donors (Lipinski definition) is 0. The number of aromatic nitrogens is 1. The van der Waals surface area contributed by atoms with E-state index in [2.05, 4.69) is 35.3 Å². The minimum Gasteiger partial charge on any atom is -0.455 e. The Morgan fingerprint density at radius 3 is 2.32 bits per heavy atom. The lowest BCUT2D eigenvalue weighted by Gasteiger charge is -2.08. The van der Waals surface area contributed by atoms with Crippen molar-refractivity contribution in [3.05, 3.63) is 115 Å². The van der Waals surface area contributed by atoms with Crippen molar-refractivity contribution in [2.75, 3.05) is 0 Å². The van der Waals surface area contributed by atoms with Gasteiger partial charge in [-0.25, -0.2) is 4.39 Å². The highest BCUT2D eigenvalue weighted by atomic mass is 19.1. The molecule has 0 saturated heterocycles. The summed E-state index contributed by atoms with van der Waals surface area (Å²) in [5, 5.41) is 11.7. The molecule has 2 aromatic heterocycles. The van der Waals surface area contributed by atoms with E-state index in [-0.39, 0.29) is 5.82 Å². The monoisotopic (exact) mass is 440 g/mol. The summed E-state index contributed by atoms with van der Waals surface area (Å²) >= 11 is 0. The molecule has 34 heavy (non-hydrogen) atoms. The quantitative estimate of drug-likeness (QED) is 0.280. The standard InChI is InChI=1S/C30H17FN2O/c31-24-11-13-27(33-18-24)21-10-14-28-26(16-21)25-12-9-23(17-32)29(30(25)34-28)22-8-4-7-20(15-22)19-5-2-1-3-6-19/h1-16,18H. The molecule has 2 heterocycles. The number of rotatable bonds is 3. The first-order chi connectivity index (χ1) is 16.7. The molecule has 0 spiro atoms. The van der Waals surface area contributed by atoms with E-state index in [4.69, 9.17) is 4.42 Å². The molecule has 0 radical (unpaired) electrons. The highest BCUT2D eigenvalue weighted by Gasteiger charge is 2.17. The lowest BCUT2D eigenvalue weighted by atomic mass is 9.94. The summed E-state index contributed by atoms with van der Waals surface area (Å²) in [5.41, 5.74) is 7.36. The van der Waals surface area contributed by atoms with Gasteiger partial charge >= 0.3 is 0 Å². The molecule has 0 amide bonds. The molecule has 3 nitrogen and oxygen atoms in total. The third-order valence-corrected chi connectivity index (χ3v) is 6.04. The predicted molar refractivity (Wildman–Crippen MR) is 132 cm³/mol. The number of nitriles is 1. The molecule has 0 aliphatic carbocycles. The molecule has 0 unspecified atom stereocenters. The van der Waals surface area contributed by atoms with Crippen molar-refractivity contribution in [2.24, 2.45) is 0 Å². The van der Waals surface area contributed by atoms with E-state index in [1.807, 2.05) is 60.7 Å². The van der Waals surface area contributed by atoms with E-state index in [0.717, 1.165) is 44.2 Å². The van der Waals surface area contributed by atoms with Gasteiger partial charge in [0.2, 0.25) is 0 Å². The van der Waals surface area contributed by atoms with Crippen LogP contribution in [0.25, 0.3) is 55.4 Å². The number of pyridine rings is 1. The van der Waals surface area contributed by atoms with Gasteiger partial charge in [-0.15, -0.1) is 0 Å². The fraction of sp³-hybridized carbons (Fsp3) is 0. The molecule has 0 aliphatic heterocycles. The van der Waals surface area contributed by atoms with Gasteiger partial charge in [0.15, 0.2) is 0 Å². The molecule has 0 fully saturated rings. The molecule has 0 N–H and O–H groups in total. The summed E-state index contributed by atoms with van der Waals surface area (Å²) < 4.78 is 19.6. The topological polar surface area (TPSA) is 49.8 Å². The zero-order valence-corrected chi connectivity index (χ0v) is 18.0. The van der Waals surface area contributed by atoms with Crippen molar-refractivity contribution in [1.82, 2.24) is 4.98 Å². The van der Waals surface area contributed by atoms with Gasteiger partial charge < -0.3 is 4.42 Å². The summed E-state index contributed by atoms with van der Waals surface area (Å²) in [6, 6.07) is 33.2. The van der Waals surface area contributed by atoms with Crippen LogP contribution in [0.4, 0.5) is 4.39 Å². The molecule has 4 heteroatoms. The SMILES string of the molecule is N#Cc1ccc2c(oc3ccc(-c4ccc(F)cn4)cc32)c1-c1cccc(-c2ccccc2)c1. The van der Waals surface area contributed by atoms with Gasteiger partial charge in [-0.3, -0.25) is 4.98 Å². The van der Waals surface area contributed by atoms with Crippen LogP contribution in [-0.2, 0) is 0 Å². The van der Waals surface area contributed by atoms with Crippen molar-refractivity contribution < 1.29 is 8.81 Å². The molecule has 160 valence electrons. The Hall–Kier alpha value is -4.75. The smallest absolute Gasteiger partial charge is 0.144 e. The largest absolute Gasteiger partial charge is 0.455 e. The maximum absolute atomic E-state index is 13.3. The van der Waals surface area contributed by atoms with Crippen LogP contribution in [-0.4, -0.2) is 4.98 Å². The number of halogens is 1. The minimum atomic E-state index is -0.370. The fourth-order valence-electron chi connectivity index (χ4n) is 4.41. The first-order valence-electron chi connectivity index (χ1n) is 10.9. The summed E-state index contributed by atoms with van der Waals surface area (Å²) in [5.74, 6) is -0.370. The van der Waals surface area contributed by atoms with E-state index < -0.39 is 0 Å². The highest BCUT2D eigenvalue weighted by molar-refractivity contribution is 6.11. The van der Waals surface area contributed by atoms with Gasteiger partial charge in [0.25, 0.3) is 0 Å². The van der Waals surface area contributed by atoms with Crippen LogP contribution in [0.1, 0.15) is 5.56 Å². The van der Waals surface area contributed by atoms with Crippen LogP contribution in [0.15, 0.2) is 108 Å². The summed E-state index contributed by atoms with van der Waals surface area (Å²) in [6.07, 6.45) is 1.21. The number of fused-ring (bicyclic) bond motifs is 3. The van der Waals surface area contributed by atoms with Crippen LogP contribution in [0.3, 0.4) is 0 Å². The third-order valence-electron chi connectivity index (χ3n) is 6.04. The molecular weight excluding hydrogens is 423 g/mol. The Morgan fingerprint density at radius 2 is 1.53 bits per heavy atom. The third kappa shape index (κ3) is 3.32. The van der Waals surface area contributed by atoms with E-state index in [9.17, 15) is 9.65 Å². The Morgan fingerprint density at radius 1 is 0.706 bits per heavy atom. The Labute approximate surface area is 195 Å². The van der Waals surface area contributed by atoms with Gasteiger partial charge in [-0.05, 0) is 65.2 Å². The zero-order valence-electron chi connectivity index (χ0n) is 18.0. The molecule has 6 aromatic rings. The van der Waals surface area contributed by atoms with Crippen LogP contribution in [0, 0.1) is 17.1 Å². The summed E-state index contributed by atoms with van der Waals surface area (Å²) in [6.45, 7) is 0. The van der Waals surface area contributed by atoms with Crippen molar-refractivity contribution in [3.8, 4) is 39.6 Å². The second-order valence-electron chi connectivity index (χ2n) is 8.10. The Balaban J connectivity index is 1.57. The maximum atomic E-state index is 13.3. The first kappa shape index (κ1) is 19.9. The normalized spacial score (nSPS) is 11.1. The lowest BCUT2D eigenvalue weighted by molar-refractivity contribution is 0.622. The summed E-state index contributed by atoms with van der Waals surface area (Å²) in [4.78, 5) is 4.20. The molecule has 0 bridgehead atoms. The molecule has 6 rings (SSSR count). The van der Waals surface area contributed by atoms with E-state index in [0.29, 0.717) is 16.8 Å².